The van der Waals surface area contributed by atoms with Crippen LogP contribution in [0.4, 0.5) is 0 Å². The van der Waals surface area contributed by atoms with Crippen molar-refractivity contribution in [2.45, 2.75) is 50.8 Å². The second kappa shape index (κ2) is 8.70. The molecule has 0 radical (unpaired) electrons. The molecule has 3 rings (SSSR count). The predicted molar refractivity (Wildman–Crippen MR) is 107 cm³/mol. The summed E-state index contributed by atoms with van der Waals surface area (Å²) in [6.45, 7) is 6.41. The monoisotopic (exact) mass is 390 g/mol. The number of nitrogens with zero attached hydrogens (tertiary/aromatic N) is 4. The summed E-state index contributed by atoms with van der Waals surface area (Å²) in [6, 6.07) is 0.522. The second-order valence-corrected chi connectivity index (χ2v) is 8.75. The average Bonchev–Trinajstić information content (AvgIpc) is 3.12. The summed E-state index contributed by atoms with van der Waals surface area (Å²) >= 11 is 1.60. The second-order valence-electron chi connectivity index (χ2n) is 7.81. The number of carbonyl (C=O) groups is 1. The van der Waals surface area contributed by atoms with E-state index in [0.717, 1.165) is 49.7 Å². The number of terminal acetylenes is 1. The average molecular weight is 391 g/mol. The van der Waals surface area contributed by atoms with Crippen LogP contribution in [0.1, 0.15) is 43.3 Å². The summed E-state index contributed by atoms with van der Waals surface area (Å²) in [5, 5.41) is 14.1. The zero-order valence-corrected chi connectivity index (χ0v) is 17.2. The van der Waals surface area contributed by atoms with Gasteiger partial charge in [0.2, 0.25) is 5.91 Å². The smallest absolute Gasteiger partial charge is 0.219 e. The highest BCUT2D eigenvalue weighted by Crippen LogP contribution is 2.35. The van der Waals surface area contributed by atoms with E-state index in [4.69, 9.17) is 11.4 Å². The predicted octanol–water partition coefficient (Wildman–Crippen LogP) is 1.50. The number of thiazole rings is 1. The van der Waals surface area contributed by atoms with Crippen molar-refractivity contribution in [2.24, 2.45) is 0 Å². The van der Waals surface area contributed by atoms with Crippen molar-refractivity contribution in [3.8, 4) is 12.3 Å². The lowest BCUT2D eigenvalue weighted by molar-refractivity contribution is -0.130. The molecule has 0 saturated carbocycles. The highest BCUT2D eigenvalue weighted by molar-refractivity contribution is 7.09. The molecule has 27 heavy (non-hydrogen) atoms. The molecule has 0 unspecified atom stereocenters. The Hall–Kier alpha value is -1.46. The molecular weight excluding hydrogens is 360 g/mol. The largest absolute Gasteiger partial charge is 0.383 e. The molecule has 2 fully saturated rings. The number of hydrogen-bond donors (Lipinski definition) is 1. The number of hydrogen-bond acceptors (Lipinski definition) is 6. The first kappa shape index (κ1) is 20.3. The third-order valence-electron chi connectivity index (χ3n) is 5.85. The fraction of sp³-hybridized carbons (Fsp3) is 0.700. The first-order valence-electron chi connectivity index (χ1n) is 9.70. The Bertz CT molecular complexity index is 682. The lowest BCUT2D eigenvalue weighted by Crippen LogP contribution is -2.51. The SMILES string of the molecule is C#CCN(C)Cc1nc(C2(O)CCN(C3CCN(C(C)=O)CC3)CC2)cs1. The number of amides is 1. The van der Waals surface area contributed by atoms with Gasteiger partial charge < -0.3 is 14.9 Å². The molecule has 7 heteroatoms. The lowest BCUT2D eigenvalue weighted by atomic mass is 9.87. The molecular formula is C20H30N4O2S. The number of piperidine rings is 2. The van der Waals surface area contributed by atoms with E-state index >= 15 is 0 Å². The Kier molecular flexibility index (Phi) is 6.53. The van der Waals surface area contributed by atoms with Gasteiger partial charge in [-0.3, -0.25) is 9.69 Å². The van der Waals surface area contributed by atoms with Crippen LogP contribution in [-0.4, -0.2) is 76.5 Å². The molecule has 1 aromatic heterocycles. The quantitative estimate of drug-likeness (QED) is 0.772. The number of aromatic nitrogens is 1. The minimum absolute atomic E-state index is 0.175. The van der Waals surface area contributed by atoms with Crippen LogP contribution in [0, 0.1) is 12.3 Å². The van der Waals surface area contributed by atoms with Gasteiger partial charge in [0.25, 0.3) is 0 Å². The minimum Gasteiger partial charge on any atom is -0.383 e. The maximum Gasteiger partial charge on any atom is 0.219 e. The summed E-state index contributed by atoms with van der Waals surface area (Å²) in [5.74, 6) is 2.81. The summed E-state index contributed by atoms with van der Waals surface area (Å²) in [7, 11) is 1.98. The van der Waals surface area contributed by atoms with Crippen LogP contribution in [0.2, 0.25) is 0 Å². The van der Waals surface area contributed by atoms with Gasteiger partial charge in [0, 0.05) is 44.5 Å². The van der Waals surface area contributed by atoms with Crippen LogP contribution in [-0.2, 0) is 16.9 Å². The molecule has 0 atom stereocenters. The van der Waals surface area contributed by atoms with Gasteiger partial charge in [0.1, 0.15) is 10.6 Å². The Morgan fingerprint density at radius 3 is 2.67 bits per heavy atom. The maximum absolute atomic E-state index is 11.5. The summed E-state index contributed by atoms with van der Waals surface area (Å²) in [6.07, 6.45) is 8.83. The van der Waals surface area contributed by atoms with Crippen molar-refractivity contribution in [3.05, 3.63) is 16.1 Å². The fourth-order valence-corrected chi connectivity index (χ4v) is 5.07. The van der Waals surface area contributed by atoms with Crippen LogP contribution in [0.3, 0.4) is 0 Å². The third-order valence-corrected chi connectivity index (χ3v) is 6.68. The zero-order chi connectivity index (χ0) is 19.4. The Labute approximate surface area is 166 Å². The Balaban J connectivity index is 1.53. The molecule has 0 aromatic carbocycles. The van der Waals surface area contributed by atoms with Crippen molar-refractivity contribution in [1.82, 2.24) is 19.7 Å². The highest BCUT2D eigenvalue weighted by Gasteiger charge is 2.38. The number of carbonyl (C=O) groups excluding carboxylic acids is 1. The van der Waals surface area contributed by atoms with E-state index in [1.165, 1.54) is 0 Å². The number of rotatable bonds is 5. The summed E-state index contributed by atoms with van der Waals surface area (Å²) in [5.41, 5.74) is -0.0154. The van der Waals surface area contributed by atoms with Gasteiger partial charge in [0.05, 0.1) is 18.8 Å². The van der Waals surface area contributed by atoms with Gasteiger partial charge in [-0.2, -0.15) is 0 Å². The van der Waals surface area contributed by atoms with E-state index in [-0.39, 0.29) is 5.91 Å². The topological polar surface area (TPSA) is 59.9 Å². The number of likely N-dealkylation sites (tertiary alicyclic amines) is 2. The molecule has 148 valence electrons. The van der Waals surface area contributed by atoms with Gasteiger partial charge in [-0.25, -0.2) is 4.98 Å². The molecule has 2 aliphatic rings. The Morgan fingerprint density at radius 2 is 2.07 bits per heavy atom. The van der Waals surface area contributed by atoms with E-state index in [2.05, 4.69) is 10.8 Å². The van der Waals surface area contributed by atoms with Gasteiger partial charge in [-0.1, -0.05) is 5.92 Å². The van der Waals surface area contributed by atoms with E-state index in [9.17, 15) is 9.90 Å². The van der Waals surface area contributed by atoms with E-state index < -0.39 is 5.60 Å². The third kappa shape index (κ3) is 4.88. The van der Waals surface area contributed by atoms with E-state index in [1.807, 2.05) is 22.2 Å². The molecule has 1 aromatic rings. The molecule has 1 N–H and O–H groups in total. The molecule has 0 spiro atoms. The summed E-state index contributed by atoms with van der Waals surface area (Å²) in [4.78, 5) is 22.6. The van der Waals surface area contributed by atoms with Crippen molar-refractivity contribution in [2.75, 3.05) is 39.8 Å². The molecule has 3 heterocycles. The van der Waals surface area contributed by atoms with Gasteiger partial charge in [0.15, 0.2) is 0 Å². The normalized spacial score (nSPS) is 21.4. The van der Waals surface area contributed by atoms with Crippen molar-refractivity contribution in [1.29, 1.82) is 0 Å². The number of aliphatic hydroxyl groups is 1. The van der Waals surface area contributed by atoms with Gasteiger partial charge >= 0.3 is 0 Å². The zero-order valence-electron chi connectivity index (χ0n) is 16.4. The van der Waals surface area contributed by atoms with E-state index in [0.29, 0.717) is 32.0 Å². The van der Waals surface area contributed by atoms with Crippen molar-refractivity contribution >= 4 is 17.2 Å². The van der Waals surface area contributed by atoms with Crippen LogP contribution in [0.5, 0.6) is 0 Å². The first-order valence-corrected chi connectivity index (χ1v) is 10.6. The molecule has 2 saturated heterocycles. The minimum atomic E-state index is -0.823. The first-order chi connectivity index (χ1) is 12.9. The van der Waals surface area contributed by atoms with Crippen LogP contribution >= 0.6 is 11.3 Å². The molecule has 2 aliphatic heterocycles. The standard InChI is InChI=1S/C20H30N4O2S/c1-4-9-22(3)14-19-21-18(15-27-19)20(26)7-12-24(13-8-20)17-5-10-23(11-6-17)16(2)25/h1,15,17,26H,5-14H2,2-3H3. The van der Waals surface area contributed by atoms with Crippen molar-refractivity contribution in [3.63, 3.8) is 0 Å². The van der Waals surface area contributed by atoms with E-state index in [1.54, 1.807) is 18.3 Å². The Morgan fingerprint density at radius 1 is 1.41 bits per heavy atom. The summed E-state index contributed by atoms with van der Waals surface area (Å²) < 4.78 is 0. The fourth-order valence-electron chi connectivity index (χ4n) is 4.10. The molecule has 0 bridgehead atoms. The highest BCUT2D eigenvalue weighted by atomic mass is 32.1. The van der Waals surface area contributed by atoms with Gasteiger partial charge in [-0.15, -0.1) is 17.8 Å². The van der Waals surface area contributed by atoms with Gasteiger partial charge in [-0.05, 0) is 32.7 Å². The molecule has 0 aliphatic carbocycles. The lowest BCUT2D eigenvalue weighted by Gasteiger charge is -2.43. The molecule has 6 nitrogen and oxygen atoms in total. The maximum atomic E-state index is 11.5. The van der Waals surface area contributed by atoms with Crippen molar-refractivity contribution < 1.29 is 9.90 Å². The molecule has 1 amide bonds. The van der Waals surface area contributed by atoms with Crippen LogP contribution in [0.25, 0.3) is 0 Å². The van der Waals surface area contributed by atoms with Crippen LogP contribution in [0.15, 0.2) is 5.38 Å². The van der Waals surface area contributed by atoms with Crippen LogP contribution < -0.4 is 0 Å².